The van der Waals surface area contributed by atoms with Crippen LogP contribution in [0.1, 0.15) is 28.8 Å². The van der Waals surface area contributed by atoms with Gasteiger partial charge in [-0.15, -0.1) is 0 Å². The van der Waals surface area contributed by atoms with Crippen molar-refractivity contribution in [1.29, 1.82) is 0 Å². The number of hydrogen-bond donors (Lipinski definition) is 1. The molecule has 0 saturated heterocycles. The van der Waals surface area contributed by atoms with Crippen LogP contribution in [-0.4, -0.2) is 4.98 Å². The Kier molecular flexibility index (Phi) is 3.47. The summed E-state index contributed by atoms with van der Waals surface area (Å²) < 4.78 is 62.6. The highest BCUT2D eigenvalue weighted by Crippen LogP contribution is 2.36. The second-order valence-corrected chi connectivity index (χ2v) is 3.16. The van der Waals surface area contributed by atoms with Gasteiger partial charge in [0, 0.05) is 18.3 Å². The number of rotatable bonds is 2. The average molecular weight is 240 g/mol. The summed E-state index contributed by atoms with van der Waals surface area (Å²) in [6.07, 6.45) is -6.98. The Morgan fingerprint density at radius 1 is 1.38 bits per heavy atom. The van der Waals surface area contributed by atoms with E-state index in [1.54, 1.807) is 0 Å². The van der Waals surface area contributed by atoms with Gasteiger partial charge in [-0.2, -0.15) is 13.2 Å². The van der Waals surface area contributed by atoms with Crippen LogP contribution in [0.15, 0.2) is 6.20 Å². The minimum atomic E-state index is -4.73. The lowest BCUT2D eigenvalue weighted by Crippen LogP contribution is -2.17. The first-order chi connectivity index (χ1) is 7.29. The number of hydrogen-bond acceptors (Lipinski definition) is 2. The smallest absolute Gasteiger partial charge is 0.325 e. The third-order valence-corrected chi connectivity index (χ3v) is 2.17. The van der Waals surface area contributed by atoms with Crippen LogP contribution < -0.4 is 5.73 Å². The summed E-state index contributed by atoms with van der Waals surface area (Å²) in [5.41, 5.74) is 2.28. The van der Waals surface area contributed by atoms with Gasteiger partial charge in [-0.25, -0.2) is 8.78 Å². The maximum Gasteiger partial charge on any atom is 0.418 e. The summed E-state index contributed by atoms with van der Waals surface area (Å²) in [5.74, 6) is 0. The normalized spacial score (nSPS) is 12.2. The molecule has 0 radical (unpaired) electrons. The van der Waals surface area contributed by atoms with Crippen molar-refractivity contribution in [1.82, 2.24) is 4.98 Å². The number of aromatic nitrogens is 1. The molecule has 0 aliphatic heterocycles. The molecule has 0 fully saturated rings. The molecule has 0 aromatic carbocycles. The lowest BCUT2D eigenvalue weighted by molar-refractivity contribution is -0.139. The van der Waals surface area contributed by atoms with Gasteiger partial charge in [0.05, 0.1) is 11.3 Å². The van der Waals surface area contributed by atoms with Crippen molar-refractivity contribution in [3.63, 3.8) is 0 Å². The molecule has 1 heterocycles. The van der Waals surface area contributed by atoms with Gasteiger partial charge in [-0.05, 0) is 12.5 Å². The predicted molar refractivity (Wildman–Crippen MR) is 46.8 cm³/mol. The molecule has 0 bridgehead atoms. The van der Waals surface area contributed by atoms with Crippen LogP contribution in [-0.2, 0) is 12.7 Å². The SMILES string of the molecule is Cc1c(C(F)F)cnc(CN)c1C(F)(F)F. The van der Waals surface area contributed by atoms with Crippen molar-refractivity contribution in [2.24, 2.45) is 5.73 Å². The van der Waals surface area contributed by atoms with E-state index in [0.29, 0.717) is 0 Å². The monoisotopic (exact) mass is 240 g/mol. The molecular weight excluding hydrogens is 231 g/mol. The van der Waals surface area contributed by atoms with Crippen LogP contribution in [0.5, 0.6) is 0 Å². The van der Waals surface area contributed by atoms with Crippen LogP contribution >= 0.6 is 0 Å². The van der Waals surface area contributed by atoms with Gasteiger partial charge in [-0.3, -0.25) is 4.98 Å². The Morgan fingerprint density at radius 2 is 1.94 bits per heavy atom. The van der Waals surface area contributed by atoms with Gasteiger partial charge >= 0.3 is 6.18 Å². The average Bonchev–Trinajstić information content (AvgIpc) is 2.14. The van der Waals surface area contributed by atoms with E-state index in [2.05, 4.69) is 4.98 Å². The van der Waals surface area contributed by atoms with Crippen LogP contribution in [0.4, 0.5) is 22.0 Å². The Balaban J connectivity index is 3.47. The summed E-state index contributed by atoms with van der Waals surface area (Å²) in [5, 5.41) is 0. The van der Waals surface area contributed by atoms with Crippen LogP contribution in [0.3, 0.4) is 0 Å². The van der Waals surface area contributed by atoms with Gasteiger partial charge < -0.3 is 5.73 Å². The van der Waals surface area contributed by atoms with Gasteiger partial charge in [0.1, 0.15) is 0 Å². The maximum atomic E-state index is 12.6. The first-order valence-electron chi connectivity index (χ1n) is 4.32. The molecule has 1 rings (SSSR count). The second-order valence-electron chi connectivity index (χ2n) is 3.16. The Bertz CT molecular complexity index is 386. The third-order valence-electron chi connectivity index (χ3n) is 2.17. The fourth-order valence-corrected chi connectivity index (χ4v) is 1.42. The van der Waals surface area contributed by atoms with E-state index in [4.69, 9.17) is 5.73 Å². The molecule has 0 amide bonds. The molecule has 0 atom stereocenters. The van der Waals surface area contributed by atoms with Crippen molar-refractivity contribution in [2.75, 3.05) is 0 Å². The minimum absolute atomic E-state index is 0.422. The van der Waals surface area contributed by atoms with E-state index in [1.807, 2.05) is 0 Å². The molecule has 0 aliphatic carbocycles. The molecule has 1 aromatic rings. The second kappa shape index (κ2) is 4.32. The first kappa shape index (κ1) is 12.8. The quantitative estimate of drug-likeness (QED) is 0.807. The van der Waals surface area contributed by atoms with Crippen LogP contribution in [0, 0.1) is 6.92 Å². The topological polar surface area (TPSA) is 38.9 Å². The molecule has 16 heavy (non-hydrogen) atoms. The Morgan fingerprint density at radius 3 is 2.31 bits per heavy atom. The van der Waals surface area contributed by atoms with E-state index in [0.717, 1.165) is 13.1 Å². The molecule has 0 unspecified atom stereocenters. The fraction of sp³-hybridized carbons (Fsp3) is 0.444. The zero-order valence-electron chi connectivity index (χ0n) is 8.28. The summed E-state index contributed by atoms with van der Waals surface area (Å²) in [6, 6.07) is 0. The number of nitrogens with zero attached hydrogens (tertiary/aromatic N) is 1. The summed E-state index contributed by atoms with van der Waals surface area (Å²) in [6.45, 7) is 0.546. The molecule has 0 aliphatic rings. The molecule has 2 N–H and O–H groups in total. The summed E-state index contributed by atoms with van der Waals surface area (Å²) in [7, 11) is 0. The van der Waals surface area contributed by atoms with Crippen LogP contribution in [0.25, 0.3) is 0 Å². The van der Waals surface area contributed by atoms with Crippen molar-refractivity contribution >= 4 is 0 Å². The van der Waals surface area contributed by atoms with Gasteiger partial charge in [0.25, 0.3) is 6.43 Å². The van der Waals surface area contributed by atoms with E-state index in [-0.39, 0.29) is 0 Å². The first-order valence-corrected chi connectivity index (χ1v) is 4.32. The van der Waals surface area contributed by atoms with Gasteiger partial charge in [0.2, 0.25) is 0 Å². The van der Waals surface area contributed by atoms with Crippen molar-refractivity contribution in [2.45, 2.75) is 26.1 Å². The van der Waals surface area contributed by atoms with Crippen molar-refractivity contribution in [3.8, 4) is 0 Å². The van der Waals surface area contributed by atoms with E-state index in [9.17, 15) is 22.0 Å². The molecule has 0 saturated carbocycles. The molecule has 2 nitrogen and oxygen atoms in total. The highest BCUT2D eigenvalue weighted by molar-refractivity contribution is 5.38. The van der Waals surface area contributed by atoms with Gasteiger partial charge in [-0.1, -0.05) is 0 Å². The Labute approximate surface area is 88.3 Å². The number of pyridine rings is 1. The van der Waals surface area contributed by atoms with Crippen molar-refractivity contribution < 1.29 is 22.0 Å². The van der Waals surface area contributed by atoms with Crippen LogP contribution in [0.2, 0.25) is 0 Å². The van der Waals surface area contributed by atoms with Crippen molar-refractivity contribution in [3.05, 3.63) is 28.6 Å². The highest BCUT2D eigenvalue weighted by atomic mass is 19.4. The number of halogens is 5. The number of nitrogens with two attached hydrogens (primary N) is 1. The molecule has 90 valence electrons. The standard InChI is InChI=1S/C9H9F5N2/c1-4-5(8(10)11)3-16-6(2-15)7(4)9(12,13)14/h3,8H,2,15H2,1H3. The Hall–Kier alpha value is -1.24. The molecule has 7 heteroatoms. The lowest BCUT2D eigenvalue weighted by atomic mass is 10.0. The largest absolute Gasteiger partial charge is 0.418 e. The molecular formula is C9H9F5N2. The maximum absolute atomic E-state index is 12.6. The zero-order valence-corrected chi connectivity index (χ0v) is 8.28. The predicted octanol–water partition coefficient (Wildman–Crippen LogP) is 2.81. The van der Waals surface area contributed by atoms with E-state index in [1.165, 1.54) is 0 Å². The highest BCUT2D eigenvalue weighted by Gasteiger charge is 2.37. The lowest BCUT2D eigenvalue weighted by Gasteiger charge is -2.16. The number of alkyl halides is 5. The minimum Gasteiger partial charge on any atom is -0.325 e. The van der Waals surface area contributed by atoms with Gasteiger partial charge in [0.15, 0.2) is 0 Å². The summed E-state index contributed by atoms with van der Waals surface area (Å²) in [4.78, 5) is 3.32. The van der Waals surface area contributed by atoms with E-state index < -0.39 is 41.5 Å². The van der Waals surface area contributed by atoms with E-state index >= 15 is 0 Å². The summed E-state index contributed by atoms with van der Waals surface area (Å²) >= 11 is 0. The fourth-order valence-electron chi connectivity index (χ4n) is 1.42. The zero-order chi connectivity index (χ0) is 12.5. The molecule has 1 aromatic heterocycles. The third kappa shape index (κ3) is 2.29. The molecule has 0 spiro atoms.